The Balaban J connectivity index is 1.97. The summed E-state index contributed by atoms with van der Waals surface area (Å²) in [4.78, 5) is 9.29. The monoisotopic (exact) mass is 279 g/mol. The third kappa shape index (κ3) is 3.70. The molecular formula is C13H14ClN3S. The molecule has 1 heterocycles. The lowest BCUT2D eigenvalue weighted by molar-refractivity contribution is 0.655. The molecule has 0 radical (unpaired) electrons. The highest BCUT2D eigenvalue weighted by Gasteiger charge is 2.10. The Morgan fingerprint density at radius 1 is 1.22 bits per heavy atom. The smallest absolute Gasteiger partial charge is 0.115 e. The molecule has 0 saturated heterocycles. The molecule has 0 spiro atoms. The number of halogens is 1. The molecule has 0 fully saturated rings. The normalized spacial score (nSPS) is 12.3. The number of benzene rings is 1. The van der Waals surface area contributed by atoms with E-state index in [1.165, 1.54) is 4.90 Å². The average Bonchev–Trinajstić information content (AvgIpc) is 2.43. The summed E-state index contributed by atoms with van der Waals surface area (Å²) in [6.45, 7) is 0. The maximum absolute atomic E-state index is 5.86. The fourth-order valence-corrected chi connectivity index (χ4v) is 2.72. The van der Waals surface area contributed by atoms with Crippen LogP contribution in [0.2, 0.25) is 5.02 Å². The highest BCUT2D eigenvalue weighted by molar-refractivity contribution is 7.99. The summed E-state index contributed by atoms with van der Waals surface area (Å²) in [5, 5.41) is 4.04. The molecule has 0 saturated carbocycles. The first kappa shape index (κ1) is 13.3. The molecule has 2 rings (SSSR count). The second-order valence-corrected chi connectivity index (χ2v) is 5.31. The van der Waals surface area contributed by atoms with Crippen LogP contribution in [0, 0.1) is 0 Å². The molecule has 2 aromatic rings. The average molecular weight is 280 g/mol. The quantitative estimate of drug-likeness (QED) is 0.853. The Labute approximate surface area is 116 Å². The predicted octanol–water partition coefficient (Wildman–Crippen LogP) is 3.18. The minimum Gasteiger partial charge on any atom is -0.312 e. The van der Waals surface area contributed by atoms with Gasteiger partial charge in [0.05, 0.1) is 0 Å². The first-order valence-corrected chi connectivity index (χ1v) is 6.96. The van der Waals surface area contributed by atoms with Crippen LogP contribution < -0.4 is 5.32 Å². The van der Waals surface area contributed by atoms with Crippen molar-refractivity contribution in [3.8, 4) is 0 Å². The lowest BCUT2D eigenvalue weighted by atomic mass is 10.2. The number of aromatic nitrogens is 2. The zero-order valence-corrected chi connectivity index (χ0v) is 11.6. The summed E-state index contributed by atoms with van der Waals surface area (Å²) in [5.41, 5.74) is 1.10. The fourth-order valence-electron chi connectivity index (χ4n) is 1.55. The summed E-state index contributed by atoms with van der Waals surface area (Å²) >= 11 is 7.64. The van der Waals surface area contributed by atoms with Gasteiger partial charge in [-0.2, -0.15) is 0 Å². The van der Waals surface area contributed by atoms with Crippen molar-refractivity contribution in [3.05, 3.63) is 53.6 Å². The summed E-state index contributed by atoms with van der Waals surface area (Å²) in [5.74, 6) is 0.922. The first-order chi connectivity index (χ1) is 8.79. The minimum absolute atomic E-state index is 0.242. The molecule has 0 amide bonds. The molecular weight excluding hydrogens is 266 g/mol. The van der Waals surface area contributed by atoms with Crippen molar-refractivity contribution in [1.29, 1.82) is 0 Å². The van der Waals surface area contributed by atoms with E-state index >= 15 is 0 Å². The SMILES string of the molecule is CNC(CSc1ccc(Cl)cc1)c1cncnc1. The van der Waals surface area contributed by atoms with Crippen LogP contribution in [-0.4, -0.2) is 22.8 Å². The van der Waals surface area contributed by atoms with E-state index < -0.39 is 0 Å². The molecule has 1 atom stereocenters. The van der Waals surface area contributed by atoms with Crippen LogP contribution in [0.25, 0.3) is 0 Å². The van der Waals surface area contributed by atoms with E-state index in [1.54, 1.807) is 18.1 Å². The van der Waals surface area contributed by atoms with Crippen molar-refractivity contribution in [2.45, 2.75) is 10.9 Å². The predicted molar refractivity (Wildman–Crippen MR) is 76.0 cm³/mol. The van der Waals surface area contributed by atoms with Gasteiger partial charge in [-0.05, 0) is 31.3 Å². The Bertz CT molecular complexity index is 475. The standard InChI is InChI=1S/C13H14ClN3S/c1-15-13(10-6-16-9-17-7-10)8-18-12-4-2-11(14)3-5-12/h2-7,9,13,15H,8H2,1H3. The zero-order valence-electron chi connectivity index (χ0n) is 10.0. The summed E-state index contributed by atoms with van der Waals surface area (Å²) in [7, 11) is 1.94. The number of nitrogens with one attached hydrogen (secondary N) is 1. The van der Waals surface area contributed by atoms with Crippen LogP contribution in [0.1, 0.15) is 11.6 Å². The van der Waals surface area contributed by atoms with Gasteiger partial charge < -0.3 is 5.32 Å². The minimum atomic E-state index is 0.242. The topological polar surface area (TPSA) is 37.8 Å². The van der Waals surface area contributed by atoms with Crippen molar-refractivity contribution < 1.29 is 0 Å². The highest BCUT2D eigenvalue weighted by Crippen LogP contribution is 2.25. The van der Waals surface area contributed by atoms with E-state index in [2.05, 4.69) is 15.3 Å². The van der Waals surface area contributed by atoms with E-state index in [0.29, 0.717) is 0 Å². The van der Waals surface area contributed by atoms with Gasteiger partial charge in [0.25, 0.3) is 0 Å². The summed E-state index contributed by atoms with van der Waals surface area (Å²) in [6, 6.07) is 8.11. The second-order valence-electron chi connectivity index (χ2n) is 3.78. The molecule has 3 nitrogen and oxygen atoms in total. The Morgan fingerprint density at radius 3 is 2.50 bits per heavy atom. The summed E-state index contributed by atoms with van der Waals surface area (Å²) < 4.78 is 0. The van der Waals surface area contributed by atoms with Crippen LogP contribution in [0.3, 0.4) is 0 Å². The third-order valence-electron chi connectivity index (χ3n) is 2.56. The molecule has 94 valence electrons. The van der Waals surface area contributed by atoms with Crippen LogP contribution in [0.15, 0.2) is 47.9 Å². The molecule has 1 N–H and O–H groups in total. The van der Waals surface area contributed by atoms with Gasteiger partial charge in [0, 0.05) is 39.7 Å². The van der Waals surface area contributed by atoms with Crippen LogP contribution >= 0.6 is 23.4 Å². The van der Waals surface area contributed by atoms with E-state index in [4.69, 9.17) is 11.6 Å². The lowest BCUT2D eigenvalue weighted by Crippen LogP contribution is -2.19. The van der Waals surface area contributed by atoms with Crippen molar-refractivity contribution >= 4 is 23.4 Å². The van der Waals surface area contributed by atoms with Gasteiger partial charge in [0.15, 0.2) is 0 Å². The second kappa shape index (κ2) is 6.73. The van der Waals surface area contributed by atoms with Gasteiger partial charge in [0.1, 0.15) is 6.33 Å². The van der Waals surface area contributed by atoms with Gasteiger partial charge in [-0.3, -0.25) is 0 Å². The van der Waals surface area contributed by atoms with Crippen LogP contribution in [0.4, 0.5) is 0 Å². The highest BCUT2D eigenvalue weighted by atomic mass is 35.5. The molecule has 0 aliphatic heterocycles. The number of thioether (sulfide) groups is 1. The van der Waals surface area contributed by atoms with Crippen molar-refractivity contribution in [3.63, 3.8) is 0 Å². The summed E-state index contributed by atoms with van der Waals surface area (Å²) in [6.07, 6.45) is 5.23. The molecule has 18 heavy (non-hydrogen) atoms. The number of hydrogen-bond acceptors (Lipinski definition) is 4. The van der Waals surface area contributed by atoms with E-state index in [0.717, 1.165) is 16.3 Å². The Kier molecular flexibility index (Phi) is 4.99. The van der Waals surface area contributed by atoms with Crippen LogP contribution in [0.5, 0.6) is 0 Å². The van der Waals surface area contributed by atoms with Crippen molar-refractivity contribution in [2.75, 3.05) is 12.8 Å². The van der Waals surface area contributed by atoms with Gasteiger partial charge in [-0.1, -0.05) is 11.6 Å². The Hall–Kier alpha value is -1.10. The largest absolute Gasteiger partial charge is 0.312 e. The number of nitrogens with zero attached hydrogens (tertiary/aromatic N) is 2. The van der Waals surface area contributed by atoms with Crippen molar-refractivity contribution in [2.24, 2.45) is 0 Å². The lowest BCUT2D eigenvalue weighted by Gasteiger charge is -2.15. The van der Waals surface area contributed by atoms with E-state index in [9.17, 15) is 0 Å². The van der Waals surface area contributed by atoms with Gasteiger partial charge >= 0.3 is 0 Å². The maximum atomic E-state index is 5.86. The third-order valence-corrected chi connectivity index (χ3v) is 3.92. The molecule has 0 bridgehead atoms. The molecule has 1 aromatic carbocycles. The van der Waals surface area contributed by atoms with Gasteiger partial charge in [-0.25, -0.2) is 9.97 Å². The first-order valence-electron chi connectivity index (χ1n) is 5.60. The van der Waals surface area contributed by atoms with Crippen molar-refractivity contribution in [1.82, 2.24) is 15.3 Å². The molecule has 1 aromatic heterocycles. The van der Waals surface area contributed by atoms with E-state index in [1.807, 2.05) is 43.7 Å². The molecule has 5 heteroatoms. The number of hydrogen-bond donors (Lipinski definition) is 1. The fraction of sp³-hybridized carbons (Fsp3) is 0.231. The van der Waals surface area contributed by atoms with Crippen LogP contribution in [-0.2, 0) is 0 Å². The molecule has 0 aliphatic rings. The number of rotatable bonds is 5. The molecule has 0 aliphatic carbocycles. The van der Waals surface area contributed by atoms with E-state index in [-0.39, 0.29) is 6.04 Å². The molecule has 1 unspecified atom stereocenters. The maximum Gasteiger partial charge on any atom is 0.115 e. The zero-order chi connectivity index (χ0) is 12.8. The van der Waals surface area contributed by atoms with Gasteiger partial charge in [0.2, 0.25) is 0 Å². The Morgan fingerprint density at radius 2 is 1.89 bits per heavy atom. The van der Waals surface area contributed by atoms with Gasteiger partial charge in [-0.15, -0.1) is 11.8 Å².